The number of halogens is 1. The fraction of sp³-hybridized carbons (Fsp3) is 0.467. The van der Waals surface area contributed by atoms with Gasteiger partial charge in [-0.25, -0.2) is 13.8 Å². The maximum atomic E-state index is 12.3. The van der Waals surface area contributed by atoms with Crippen LogP contribution in [0.1, 0.15) is 20.8 Å². The van der Waals surface area contributed by atoms with Crippen molar-refractivity contribution in [3.63, 3.8) is 0 Å². The maximum absolute atomic E-state index is 12.3. The van der Waals surface area contributed by atoms with Gasteiger partial charge < -0.3 is 14.8 Å². The molecule has 140 valence electrons. The fourth-order valence-corrected chi connectivity index (χ4v) is 2.89. The molecule has 0 bridgehead atoms. The fourth-order valence-electron chi connectivity index (χ4n) is 1.59. The number of alkyl carbamates (subject to hydrolysis) is 1. The molecule has 0 fully saturated rings. The van der Waals surface area contributed by atoms with Crippen molar-refractivity contribution in [2.75, 3.05) is 13.7 Å². The number of carbonyl (C=O) groups is 2. The number of rotatable bonds is 6. The Morgan fingerprint density at radius 3 is 2.24 bits per heavy atom. The molecule has 8 nitrogen and oxygen atoms in total. The largest absolute Gasteiger partial charge is 0.467 e. The van der Waals surface area contributed by atoms with Crippen LogP contribution >= 0.6 is 15.9 Å². The molecule has 25 heavy (non-hydrogen) atoms. The van der Waals surface area contributed by atoms with E-state index in [2.05, 4.69) is 26.0 Å². The standard InChI is InChI=1S/C15H20BrNO7S/c1-15(2,3)23-14(19)17-9-12(13(18)22-4)24-25(20,21)11-7-5-10(16)6-8-11/h5-8,12H,9H2,1-4H3,(H,17,19). The molecular formula is C15H20BrNO7S. The molecule has 0 aliphatic rings. The molecule has 1 unspecified atom stereocenters. The number of ether oxygens (including phenoxy) is 2. The van der Waals surface area contributed by atoms with Crippen molar-refractivity contribution in [2.24, 2.45) is 0 Å². The summed E-state index contributed by atoms with van der Waals surface area (Å²) in [5.41, 5.74) is -0.741. The van der Waals surface area contributed by atoms with Crippen LogP contribution in [0.3, 0.4) is 0 Å². The Balaban J connectivity index is 2.84. The number of methoxy groups -OCH3 is 1. The summed E-state index contributed by atoms with van der Waals surface area (Å²) in [6.45, 7) is 4.56. The summed E-state index contributed by atoms with van der Waals surface area (Å²) in [6, 6.07) is 5.66. The first-order chi connectivity index (χ1) is 11.4. The highest BCUT2D eigenvalue weighted by atomic mass is 79.9. The van der Waals surface area contributed by atoms with Gasteiger partial charge in [-0.15, -0.1) is 0 Å². The van der Waals surface area contributed by atoms with Crippen LogP contribution in [0.15, 0.2) is 33.6 Å². The van der Waals surface area contributed by atoms with Crippen LogP contribution in [0.25, 0.3) is 0 Å². The Labute approximate surface area is 155 Å². The molecule has 0 aromatic heterocycles. The van der Waals surface area contributed by atoms with Gasteiger partial charge >= 0.3 is 12.1 Å². The number of nitrogens with one attached hydrogen (secondary N) is 1. The summed E-state index contributed by atoms with van der Waals surface area (Å²) in [5, 5.41) is 2.28. The zero-order chi connectivity index (χ0) is 19.3. The third kappa shape index (κ3) is 7.41. The third-order valence-electron chi connectivity index (χ3n) is 2.64. The average molecular weight is 438 g/mol. The summed E-state index contributed by atoms with van der Waals surface area (Å²) in [5.74, 6) is -0.947. The van der Waals surface area contributed by atoms with Crippen molar-refractivity contribution in [3.05, 3.63) is 28.7 Å². The van der Waals surface area contributed by atoms with E-state index in [1.165, 1.54) is 24.3 Å². The van der Waals surface area contributed by atoms with Crippen molar-refractivity contribution < 1.29 is 31.7 Å². The zero-order valence-corrected chi connectivity index (χ0v) is 16.6. The van der Waals surface area contributed by atoms with Crippen molar-refractivity contribution in [1.82, 2.24) is 5.32 Å². The maximum Gasteiger partial charge on any atom is 0.407 e. The zero-order valence-electron chi connectivity index (χ0n) is 14.2. The van der Waals surface area contributed by atoms with Gasteiger partial charge in [-0.2, -0.15) is 8.42 Å². The minimum Gasteiger partial charge on any atom is -0.467 e. The van der Waals surface area contributed by atoms with Gasteiger partial charge in [-0.05, 0) is 45.0 Å². The number of carbonyl (C=O) groups excluding carboxylic acids is 2. The number of esters is 1. The highest BCUT2D eigenvalue weighted by molar-refractivity contribution is 9.10. The molecular weight excluding hydrogens is 418 g/mol. The molecule has 1 amide bonds. The first kappa shape index (κ1) is 21.4. The van der Waals surface area contributed by atoms with Gasteiger partial charge in [-0.1, -0.05) is 15.9 Å². The van der Waals surface area contributed by atoms with Gasteiger partial charge in [0.15, 0.2) is 6.10 Å². The monoisotopic (exact) mass is 437 g/mol. The minimum absolute atomic E-state index is 0.137. The van der Waals surface area contributed by atoms with Crippen molar-refractivity contribution in [3.8, 4) is 0 Å². The Morgan fingerprint density at radius 1 is 1.20 bits per heavy atom. The van der Waals surface area contributed by atoms with Gasteiger partial charge in [0.1, 0.15) is 5.60 Å². The lowest BCUT2D eigenvalue weighted by Gasteiger charge is -2.21. The van der Waals surface area contributed by atoms with Crippen LogP contribution in [0.5, 0.6) is 0 Å². The van der Waals surface area contributed by atoms with E-state index < -0.39 is 40.4 Å². The highest BCUT2D eigenvalue weighted by Crippen LogP contribution is 2.18. The summed E-state index contributed by atoms with van der Waals surface area (Å²) in [7, 11) is -3.15. The molecule has 0 saturated carbocycles. The summed E-state index contributed by atoms with van der Waals surface area (Å²) < 4.78 is 39.6. The topological polar surface area (TPSA) is 108 Å². The second kappa shape index (κ2) is 8.63. The third-order valence-corrected chi connectivity index (χ3v) is 4.50. The van der Waals surface area contributed by atoms with Gasteiger partial charge in [0.25, 0.3) is 10.1 Å². The molecule has 1 aromatic carbocycles. The van der Waals surface area contributed by atoms with Gasteiger partial charge in [-0.3, -0.25) is 0 Å². The average Bonchev–Trinajstić information content (AvgIpc) is 2.49. The minimum atomic E-state index is -4.23. The molecule has 1 N–H and O–H groups in total. The van der Waals surface area contributed by atoms with Crippen molar-refractivity contribution >= 4 is 38.1 Å². The lowest BCUT2D eigenvalue weighted by molar-refractivity contribution is -0.148. The lowest BCUT2D eigenvalue weighted by Crippen LogP contribution is -2.42. The smallest absolute Gasteiger partial charge is 0.407 e. The van der Waals surface area contributed by atoms with E-state index in [9.17, 15) is 18.0 Å². The predicted molar refractivity (Wildman–Crippen MR) is 92.5 cm³/mol. The molecule has 0 saturated heterocycles. The van der Waals surface area contributed by atoms with Crippen molar-refractivity contribution in [1.29, 1.82) is 0 Å². The summed E-state index contributed by atoms with van der Waals surface area (Å²) in [6.07, 6.45) is -2.36. The van der Waals surface area contributed by atoms with Crippen LogP contribution in [0.4, 0.5) is 4.79 Å². The first-order valence-electron chi connectivity index (χ1n) is 7.18. The summed E-state index contributed by atoms with van der Waals surface area (Å²) >= 11 is 3.19. The molecule has 0 radical (unpaired) electrons. The molecule has 1 atom stereocenters. The Bertz CT molecular complexity index is 710. The van der Waals surface area contributed by atoms with E-state index in [1.54, 1.807) is 20.8 Å². The van der Waals surface area contributed by atoms with E-state index in [4.69, 9.17) is 8.92 Å². The number of amides is 1. The first-order valence-corrected chi connectivity index (χ1v) is 9.38. The van der Waals surface area contributed by atoms with Crippen LogP contribution in [0, 0.1) is 0 Å². The van der Waals surface area contributed by atoms with Crippen molar-refractivity contribution in [2.45, 2.75) is 37.4 Å². The molecule has 0 aliphatic heterocycles. The van der Waals surface area contributed by atoms with E-state index >= 15 is 0 Å². The van der Waals surface area contributed by atoms with Crippen LogP contribution in [0.2, 0.25) is 0 Å². The molecule has 10 heteroatoms. The summed E-state index contributed by atoms with van der Waals surface area (Å²) in [4.78, 5) is 23.3. The quantitative estimate of drug-likeness (QED) is 0.536. The Morgan fingerprint density at radius 2 is 1.76 bits per heavy atom. The lowest BCUT2D eigenvalue weighted by atomic mass is 10.2. The SMILES string of the molecule is COC(=O)C(CNC(=O)OC(C)(C)C)OS(=O)(=O)c1ccc(Br)cc1. The Kier molecular flexibility index (Phi) is 7.39. The normalized spacial score (nSPS) is 13.0. The van der Waals surface area contributed by atoms with Gasteiger partial charge in [0.05, 0.1) is 18.6 Å². The highest BCUT2D eigenvalue weighted by Gasteiger charge is 2.29. The number of benzene rings is 1. The second-order valence-corrected chi connectivity index (χ2v) is 8.39. The van der Waals surface area contributed by atoms with Crippen LogP contribution in [-0.4, -0.2) is 45.8 Å². The molecule has 0 heterocycles. The Hall–Kier alpha value is -1.65. The number of hydrogen-bond acceptors (Lipinski definition) is 7. The molecule has 0 aliphatic carbocycles. The van der Waals surface area contributed by atoms with Gasteiger partial charge in [0.2, 0.25) is 0 Å². The molecule has 1 aromatic rings. The van der Waals surface area contributed by atoms with E-state index in [0.717, 1.165) is 7.11 Å². The predicted octanol–water partition coefficient (Wildman–Crippen LogP) is 2.22. The second-order valence-electron chi connectivity index (χ2n) is 5.90. The number of hydrogen-bond donors (Lipinski definition) is 1. The molecule has 0 spiro atoms. The van der Waals surface area contributed by atoms with Gasteiger partial charge in [0, 0.05) is 4.47 Å². The van der Waals surface area contributed by atoms with E-state index in [1.807, 2.05) is 0 Å². The molecule has 1 rings (SSSR count). The van der Waals surface area contributed by atoms with Crippen LogP contribution < -0.4 is 5.32 Å². The van der Waals surface area contributed by atoms with E-state index in [-0.39, 0.29) is 4.90 Å². The van der Waals surface area contributed by atoms with E-state index in [0.29, 0.717) is 4.47 Å². The van der Waals surface area contributed by atoms with Crippen LogP contribution in [-0.2, 0) is 28.6 Å².